The number of benzene rings is 1. The average Bonchev–Trinajstić information content (AvgIpc) is 2.73. The Morgan fingerprint density at radius 3 is 2.29 bits per heavy atom. The summed E-state index contributed by atoms with van der Waals surface area (Å²) in [6, 6.07) is 8.18. The number of hydrogen-bond donors (Lipinski definition) is 2. The van der Waals surface area contributed by atoms with Gasteiger partial charge in [0.1, 0.15) is 0 Å². The lowest BCUT2D eigenvalue weighted by Crippen LogP contribution is -2.48. The predicted molar refractivity (Wildman–Crippen MR) is 89.9 cm³/mol. The van der Waals surface area contributed by atoms with Crippen LogP contribution in [0.1, 0.15) is 49.7 Å². The molecule has 4 heteroatoms. The van der Waals surface area contributed by atoms with E-state index in [1.54, 1.807) is 0 Å². The Labute approximate surface area is 132 Å². The fourth-order valence-electron chi connectivity index (χ4n) is 2.97. The molecule has 1 aromatic carbocycles. The minimum atomic E-state index is -0.642. The smallest absolute Gasteiger partial charge is 0.233 e. The van der Waals surface area contributed by atoms with Crippen molar-refractivity contribution in [3.63, 3.8) is 0 Å². The van der Waals surface area contributed by atoms with Crippen LogP contribution < -0.4 is 11.1 Å². The number of nitrogens with one attached hydrogen (secondary N) is 1. The van der Waals surface area contributed by atoms with Gasteiger partial charge in [0.15, 0.2) is 0 Å². The van der Waals surface area contributed by atoms with Crippen molar-refractivity contribution in [3.05, 3.63) is 35.4 Å². The zero-order valence-electron chi connectivity index (χ0n) is 12.7. The normalized spacial score (nSPS) is 17.8. The van der Waals surface area contributed by atoms with Gasteiger partial charge in [-0.05, 0) is 25.3 Å². The molecular formula is C17H24N2OS. The second-order valence-electron chi connectivity index (χ2n) is 6.03. The van der Waals surface area contributed by atoms with Crippen molar-refractivity contribution in [1.82, 2.24) is 5.32 Å². The molecule has 1 aliphatic carbocycles. The highest BCUT2D eigenvalue weighted by Crippen LogP contribution is 2.35. The summed E-state index contributed by atoms with van der Waals surface area (Å²) in [5.41, 5.74) is 7.60. The highest BCUT2D eigenvalue weighted by molar-refractivity contribution is 7.80. The largest absolute Gasteiger partial charge is 0.392 e. The second-order valence-corrected chi connectivity index (χ2v) is 6.47. The molecule has 0 aromatic heterocycles. The Morgan fingerprint density at radius 2 is 1.76 bits per heavy atom. The van der Waals surface area contributed by atoms with E-state index in [9.17, 15) is 4.79 Å². The molecule has 0 aliphatic heterocycles. The first-order chi connectivity index (χ1) is 10.0. The molecule has 114 valence electrons. The molecule has 21 heavy (non-hydrogen) atoms. The molecule has 3 nitrogen and oxygen atoms in total. The third-order valence-electron chi connectivity index (χ3n) is 4.44. The van der Waals surface area contributed by atoms with Crippen LogP contribution in [0.4, 0.5) is 0 Å². The van der Waals surface area contributed by atoms with E-state index in [1.807, 2.05) is 12.1 Å². The van der Waals surface area contributed by atoms with E-state index in [-0.39, 0.29) is 5.91 Å². The van der Waals surface area contributed by atoms with Crippen molar-refractivity contribution in [2.45, 2.75) is 52.0 Å². The molecule has 1 fully saturated rings. The third kappa shape index (κ3) is 3.82. The summed E-state index contributed by atoms with van der Waals surface area (Å²) in [5, 5.41) is 3.03. The zero-order chi connectivity index (χ0) is 15.3. The van der Waals surface area contributed by atoms with Crippen LogP contribution in [0.3, 0.4) is 0 Å². The molecule has 3 N–H and O–H groups in total. The first-order valence-electron chi connectivity index (χ1n) is 7.68. The molecule has 2 rings (SSSR count). The summed E-state index contributed by atoms with van der Waals surface area (Å²) in [7, 11) is 0. The molecule has 0 radical (unpaired) electrons. The zero-order valence-corrected chi connectivity index (χ0v) is 13.5. The lowest BCUT2D eigenvalue weighted by atomic mass is 9.79. The van der Waals surface area contributed by atoms with Crippen LogP contribution in [0.15, 0.2) is 24.3 Å². The predicted octanol–water partition coefficient (Wildman–Crippen LogP) is 3.24. The van der Waals surface area contributed by atoms with Gasteiger partial charge in [-0.2, -0.15) is 0 Å². The number of aryl methyl sites for hydroxylation is 1. The highest BCUT2D eigenvalue weighted by atomic mass is 32.1. The molecule has 0 spiro atoms. The van der Waals surface area contributed by atoms with Crippen molar-refractivity contribution >= 4 is 23.1 Å². The molecule has 1 saturated carbocycles. The van der Waals surface area contributed by atoms with E-state index in [4.69, 9.17) is 18.0 Å². The summed E-state index contributed by atoms with van der Waals surface area (Å²) >= 11 is 5.23. The van der Waals surface area contributed by atoms with Gasteiger partial charge in [-0.3, -0.25) is 4.79 Å². The van der Waals surface area contributed by atoms with Gasteiger partial charge in [0.05, 0.1) is 10.4 Å². The molecule has 1 amide bonds. The van der Waals surface area contributed by atoms with Gasteiger partial charge >= 0.3 is 0 Å². The minimum absolute atomic E-state index is 0.00234. The minimum Gasteiger partial charge on any atom is -0.392 e. The first kappa shape index (κ1) is 16.0. The molecule has 1 aliphatic rings. The van der Waals surface area contributed by atoms with Crippen LogP contribution in [0, 0.1) is 12.3 Å². The summed E-state index contributed by atoms with van der Waals surface area (Å²) in [4.78, 5) is 13.0. The maximum atomic E-state index is 12.7. The Kier molecular flexibility index (Phi) is 5.34. The summed E-state index contributed by atoms with van der Waals surface area (Å²) in [6.45, 7) is 2.58. The average molecular weight is 304 g/mol. The molecule has 0 bridgehead atoms. The van der Waals surface area contributed by atoms with Gasteiger partial charge in [-0.25, -0.2) is 0 Å². The van der Waals surface area contributed by atoms with Gasteiger partial charge in [-0.1, -0.05) is 67.7 Å². The topological polar surface area (TPSA) is 55.1 Å². The first-order valence-corrected chi connectivity index (χ1v) is 8.09. The molecule has 0 unspecified atom stereocenters. The fraction of sp³-hybridized carbons (Fsp3) is 0.529. The number of carbonyl (C=O) groups excluding carboxylic acids is 1. The van der Waals surface area contributed by atoms with E-state index >= 15 is 0 Å². The number of carbonyl (C=O) groups is 1. The van der Waals surface area contributed by atoms with Crippen molar-refractivity contribution in [3.8, 4) is 0 Å². The Morgan fingerprint density at radius 1 is 1.19 bits per heavy atom. The standard InChI is InChI=1S/C17H24N2OS/c1-13-6-8-14(9-7-13)12-19-16(20)17(15(18)21)10-4-2-3-5-11-17/h6-9H,2-5,10-12H2,1H3,(H2,18,21)(H,19,20). The van der Waals surface area contributed by atoms with Gasteiger partial charge in [0.25, 0.3) is 0 Å². The highest BCUT2D eigenvalue weighted by Gasteiger charge is 2.41. The van der Waals surface area contributed by atoms with Crippen LogP contribution >= 0.6 is 12.2 Å². The molecule has 0 heterocycles. The molecule has 0 atom stereocenters. The number of thiocarbonyl (C=S) groups is 1. The monoisotopic (exact) mass is 304 g/mol. The number of amides is 1. The SMILES string of the molecule is Cc1ccc(CNC(=O)C2(C(N)=S)CCCCCC2)cc1. The van der Waals surface area contributed by atoms with Crippen LogP contribution in [-0.4, -0.2) is 10.9 Å². The lowest BCUT2D eigenvalue weighted by Gasteiger charge is -2.30. The van der Waals surface area contributed by atoms with E-state index in [0.717, 1.165) is 44.1 Å². The van der Waals surface area contributed by atoms with Crippen LogP contribution in [0.5, 0.6) is 0 Å². The summed E-state index contributed by atoms with van der Waals surface area (Å²) in [5.74, 6) is -0.00234. The van der Waals surface area contributed by atoms with Crippen molar-refractivity contribution < 1.29 is 4.79 Å². The maximum Gasteiger partial charge on any atom is 0.233 e. The Hall–Kier alpha value is -1.42. The summed E-state index contributed by atoms with van der Waals surface area (Å²) < 4.78 is 0. The third-order valence-corrected chi connectivity index (χ3v) is 4.83. The molecule has 0 saturated heterocycles. The van der Waals surface area contributed by atoms with E-state index in [2.05, 4.69) is 24.4 Å². The Bertz CT molecular complexity index is 502. The van der Waals surface area contributed by atoms with Crippen molar-refractivity contribution in [1.29, 1.82) is 0 Å². The van der Waals surface area contributed by atoms with Crippen LogP contribution in [-0.2, 0) is 11.3 Å². The van der Waals surface area contributed by atoms with Gasteiger partial charge in [0.2, 0.25) is 5.91 Å². The van der Waals surface area contributed by atoms with E-state index in [1.165, 1.54) is 5.56 Å². The number of rotatable bonds is 4. The van der Waals surface area contributed by atoms with Crippen molar-refractivity contribution in [2.24, 2.45) is 11.1 Å². The van der Waals surface area contributed by atoms with Gasteiger partial charge < -0.3 is 11.1 Å². The quantitative estimate of drug-likeness (QED) is 0.663. The lowest BCUT2D eigenvalue weighted by molar-refractivity contribution is -0.128. The fourth-order valence-corrected chi connectivity index (χ4v) is 3.27. The Balaban J connectivity index is 2.05. The maximum absolute atomic E-state index is 12.7. The summed E-state index contributed by atoms with van der Waals surface area (Å²) in [6.07, 6.45) is 5.93. The van der Waals surface area contributed by atoms with Crippen LogP contribution in [0.25, 0.3) is 0 Å². The second kappa shape index (κ2) is 7.03. The van der Waals surface area contributed by atoms with Gasteiger partial charge in [0, 0.05) is 6.54 Å². The van der Waals surface area contributed by atoms with Gasteiger partial charge in [-0.15, -0.1) is 0 Å². The van der Waals surface area contributed by atoms with Crippen LogP contribution in [0.2, 0.25) is 0 Å². The van der Waals surface area contributed by atoms with E-state index in [0.29, 0.717) is 11.5 Å². The number of hydrogen-bond acceptors (Lipinski definition) is 2. The van der Waals surface area contributed by atoms with E-state index < -0.39 is 5.41 Å². The molecule has 1 aromatic rings. The molecular weight excluding hydrogens is 280 g/mol. The number of nitrogens with two attached hydrogens (primary N) is 1. The van der Waals surface area contributed by atoms with Crippen molar-refractivity contribution in [2.75, 3.05) is 0 Å².